The van der Waals surface area contributed by atoms with Crippen LogP contribution in [0.2, 0.25) is 0 Å². The fourth-order valence-electron chi connectivity index (χ4n) is 3.16. The van der Waals surface area contributed by atoms with Gasteiger partial charge in [0, 0.05) is 6.08 Å². The van der Waals surface area contributed by atoms with Gasteiger partial charge in [-0.3, -0.25) is 0 Å². The first-order chi connectivity index (χ1) is 13.3. The van der Waals surface area contributed by atoms with E-state index in [1.54, 1.807) is 0 Å². The Hall–Kier alpha value is -3.53. The van der Waals surface area contributed by atoms with E-state index < -0.39 is 0 Å². The molecule has 0 radical (unpaired) electrons. The average molecular weight is 355 g/mol. The van der Waals surface area contributed by atoms with Gasteiger partial charge in [0.1, 0.15) is 18.7 Å². The van der Waals surface area contributed by atoms with Crippen molar-refractivity contribution >= 4 is 23.3 Å². The molecule has 2 heterocycles. The van der Waals surface area contributed by atoms with Crippen LogP contribution in [0.4, 0.5) is 0 Å². The second-order valence-corrected chi connectivity index (χ2v) is 6.34. The van der Waals surface area contributed by atoms with E-state index in [0.717, 1.165) is 39.3 Å². The molecule has 5 rings (SSSR count). The molecule has 27 heavy (non-hydrogen) atoms. The molecule has 0 unspecified atom stereocenters. The van der Waals surface area contributed by atoms with Gasteiger partial charge in [-0.05, 0) is 47.0 Å². The van der Waals surface area contributed by atoms with E-state index in [0.29, 0.717) is 19.1 Å². The molecule has 0 saturated heterocycles. The summed E-state index contributed by atoms with van der Waals surface area (Å²) in [4.78, 5) is 4.59. The normalized spacial score (nSPS) is 13.3. The number of aromatic nitrogens is 1. The standard InChI is InChI=1S/C23H17NO3/c1-2-4-17(5-3-1)18-8-10-20-19(15-18)24-23(27-20)11-7-16-6-9-21-22(14-16)26-13-12-25-21/h1-11,14-15H,12-13H2. The number of rotatable bonds is 3. The van der Waals surface area contributed by atoms with Crippen LogP contribution in [0.5, 0.6) is 11.5 Å². The monoisotopic (exact) mass is 355 g/mol. The van der Waals surface area contributed by atoms with E-state index in [-0.39, 0.29) is 0 Å². The first-order valence-corrected chi connectivity index (χ1v) is 8.89. The number of benzene rings is 3. The summed E-state index contributed by atoms with van der Waals surface area (Å²) in [5, 5.41) is 0. The van der Waals surface area contributed by atoms with Crippen molar-refractivity contribution in [2.24, 2.45) is 0 Å². The van der Waals surface area contributed by atoms with Crippen molar-refractivity contribution in [3.05, 3.63) is 78.2 Å². The smallest absolute Gasteiger partial charge is 0.220 e. The van der Waals surface area contributed by atoms with E-state index >= 15 is 0 Å². The van der Waals surface area contributed by atoms with Crippen LogP contribution in [0, 0.1) is 0 Å². The number of fused-ring (bicyclic) bond motifs is 2. The zero-order valence-electron chi connectivity index (χ0n) is 14.6. The van der Waals surface area contributed by atoms with Gasteiger partial charge in [0.05, 0.1) is 0 Å². The fourth-order valence-corrected chi connectivity index (χ4v) is 3.16. The number of ether oxygens (including phenoxy) is 2. The first kappa shape index (κ1) is 15.7. The molecule has 0 bridgehead atoms. The maximum Gasteiger partial charge on any atom is 0.220 e. The molecule has 3 aromatic carbocycles. The lowest BCUT2D eigenvalue weighted by Crippen LogP contribution is -2.15. The Kier molecular flexibility index (Phi) is 3.87. The molecule has 0 amide bonds. The van der Waals surface area contributed by atoms with Crippen molar-refractivity contribution in [1.29, 1.82) is 0 Å². The van der Waals surface area contributed by atoms with Gasteiger partial charge >= 0.3 is 0 Å². The number of nitrogens with zero attached hydrogens (tertiary/aromatic N) is 1. The zero-order chi connectivity index (χ0) is 18.1. The van der Waals surface area contributed by atoms with Crippen molar-refractivity contribution in [3.8, 4) is 22.6 Å². The predicted octanol–water partition coefficient (Wildman–Crippen LogP) is 5.44. The van der Waals surface area contributed by atoms with Crippen molar-refractivity contribution in [1.82, 2.24) is 4.98 Å². The van der Waals surface area contributed by atoms with Crippen LogP contribution in [0.25, 0.3) is 34.4 Å². The minimum Gasteiger partial charge on any atom is -0.486 e. The molecular weight excluding hydrogens is 338 g/mol. The maximum atomic E-state index is 5.84. The summed E-state index contributed by atoms with van der Waals surface area (Å²) >= 11 is 0. The largest absolute Gasteiger partial charge is 0.486 e. The summed E-state index contributed by atoms with van der Waals surface area (Å²) in [7, 11) is 0. The Morgan fingerprint density at radius 1 is 0.741 bits per heavy atom. The van der Waals surface area contributed by atoms with Crippen LogP contribution < -0.4 is 9.47 Å². The minimum atomic E-state index is 0.574. The predicted molar refractivity (Wildman–Crippen MR) is 106 cm³/mol. The van der Waals surface area contributed by atoms with Gasteiger partial charge in [0.2, 0.25) is 5.89 Å². The first-order valence-electron chi connectivity index (χ1n) is 8.89. The molecule has 1 aliphatic rings. The lowest BCUT2D eigenvalue weighted by Gasteiger charge is -2.18. The molecular formula is C23H17NO3. The van der Waals surface area contributed by atoms with Crippen molar-refractivity contribution < 1.29 is 13.9 Å². The fraction of sp³-hybridized carbons (Fsp3) is 0.0870. The van der Waals surface area contributed by atoms with Gasteiger partial charge in [-0.1, -0.05) is 42.5 Å². The molecule has 0 saturated carbocycles. The summed E-state index contributed by atoms with van der Waals surface area (Å²) in [5.74, 6) is 2.13. The summed E-state index contributed by atoms with van der Waals surface area (Å²) < 4.78 is 17.0. The Labute approximate surface area is 156 Å². The molecule has 0 spiro atoms. The lowest BCUT2D eigenvalue weighted by atomic mass is 10.1. The van der Waals surface area contributed by atoms with E-state index in [4.69, 9.17) is 13.9 Å². The number of hydrogen-bond acceptors (Lipinski definition) is 4. The van der Waals surface area contributed by atoms with Crippen LogP contribution in [0.1, 0.15) is 11.5 Å². The summed E-state index contributed by atoms with van der Waals surface area (Å²) in [6.45, 7) is 1.17. The molecule has 0 aliphatic carbocycles. The highest BCUT2D eigenvalue weighted by Crippen LogP contribution is 2.31. The van der Waals surface area contributed by atoms with E-state index in [9.17, 15) is 0 Å². The Bertz CT molecular complexity index is 1130. The number of hydrogen-bond donors (Lipinski definition) is 0. The topological polar surface area (TPSA) is 44.5 Å². The summed E-state index contributed by atoms with van der Waals surface area (Å²) in [6, 6.07) is 22.2. The Morgan fingerprint density at radius 3 is 2.48 bits per heavy atom. The van der Waals surface area contributed by atoms with Gasteiger partial charge in [0.15, 0.2) is 17.1 Å². The van der Waals surface area contributed by atoms with Crippen LogP contribution in [-0.2, 0) is 0 Å². The minimum absolute atomic E-state index is 0.574. The van der Waals surface area contributed by atoms with E-state index in [2.05, 4.69) is 29.2 Å². The highest BCUT2D eigenvalue weighted by Gasteiger charge is 2.11. The molecule has 4 heteroatoms. The van der Waals surface area contributed by atoms with Gasteiger partial charge in [0.25, 0.3) is 0 Å². The molecule has 1 aliphatic heterocycles. The third-order valence-corrected chi connectivity index (χ3v) is 4.50. The molecule has 132 valence electrons. The quantitative estimate of drug-likeness (QED) is 0.491. The molecule has 0 N–H and O–H groups in total. The van der Waals surface area contributed by atoms with Crippen LogP contribution in [0.15, 0.2) is 71.1 Å². The molecule has 4 aromatic rings. The molecule has 0 fully saturated rings. The van der Waals surface area contributed by atoms with Gasteiger partial charge in [-0.15, -0.1) is 0 Å². The third-order valence-electron chi connectivity index (χ3n) is 4.50. The highest BCUT2D eigenvalue weighted by molar-refractivity contribution is 5.82. The van der Waals surface area contributed by atoms with Crippen LogP contribution in [-0.4, -0.2) is 18.2 Å². The summed E-state index contributed by atoms with van der Waals surface area (Å²) in [5.41, 5.74) is 4.91. The van der Waals surface area contributed by atoms with Crippen molar-refractivity contribution in [3.63, 3.8) is 0 Å². The third kappa shape index (κ3) is 3.17. The molecule has 4 nitrogen and oxygen atoms in total. The highest BCUT2D eigenvalue weighted by atomic mass is 16.6. The van der Waals surface area contributed by atoms with Crippen molar-refractivity contribution in [2.75, 3.05) is 13.2 Å². The second kappa shape index (κ2) is 6.65. The SMILES string of the molecule is C(=Cc1nc2cc(-c3ccccc3)ccc2o1)c1ccc2c(c1)OCCO2. The van der Waals surface area contributed by atoms with Gasteiger partial charge in [-0.25, -0.2) is 4.98 Å². The maximum absolute atomic E-state index is 5.84. The molecule has 0 atom stereocenters. The Morgan fingerprint density at radius 2 is 1.59 bits per heavy atom. The van der Waals surface area contributed by atoms with Crippen LogP contribution >= 0.6 is 0 Å². The lowest BCUT2D eigenvalue weighted by molar-refractivity contribution is 0.171. The van der Waals surface area contributed by atoms with Gasteiger partial charge < -0.3 is 13.9 Å². The van der Waals surface area contributed by atoms with Crippen molar-refractivity contribution in [2.45, 2.75) is 0 Å². The van der Waals surface area contributed by atoms with E-state index in [1.807, 2.05) is 54.6 Å². The zero-order valence-corrected chi connectivity index (χ0v) is 14.6. The Balaban J connectivity index is 1.43. The van der Waals surface area contributed by atoms with E-state index in [1.165, 1.54) is 0 Å². The summed E-state index contributed by atoms with van der Waals surface area (Å²) in [6.07, 6.45) is 3.83. The van der Waals surface area contributed by atoms with Crippen LogP contribution in [0.3, 0.4) is 0 Å². The second-order valence-electron chi connectivity index (χ2n) is 6.34. The molecule has 1 aromatic heterocycles. The average Bonchev–Trinajstić information content (AvgIpc) is 3.15. The number of oxazole rings is 1. The van der Waals surface area contributed by atoms with Gasteiger partial charge in [-0.2, -0.15) is 0 Å².